The zero-order valence-electron chi connectivity index (χ0n) is 4.82. The van der Waals surface area contributed by atoms with Crippen molar-refractivity contribution in [3.8, 4) is 0 Å². The molecular weight excluding hydrogens is 242 g/mol. The second-order valence-corrected chi connectivity index (χ2v) is 1.09. The predicted octanol–water partition coefficient (Wildman–Crippen LogP) is -5.35. The zero-order chi connectivity index (χ0) is 5.15. The van der Waals surface area contributed by atoms with E-state index in [-0.39, 0.29) is 56.6 Å². The number of aliphatic carboxylic acids is 1. The smallest absolute Gasteiger partial charge is 1.00 e. The number of carboxylic acids is 1. The van der Waals surface area contributed by atoms with E-state index in [1.54, 1.807) is 0 Å². The molecule has 0 aromatic heterocycles. The van der Waals surface area contributed by atoms with E-state index in [0.29, 0.717) is 0 Å². The van der Waals surface area contributed by atoms with Crippen LogP contribution < -0.4 is 24.8 Å². The summed E-state index contributed by atoms with van der Waals surface area (Å²) in [6.45, 7) is 4.60. The van der Waals surface area contributed by atoms with Gasteiger partial charge in [-0.15, -0.1) is 0 Å². The topological polar surface area (TPSA) is 37.3 Å². The van der Waals surface area contributed by atoms with Crippen LogP contribution in [0.1, 0.15) is 6.92 Å². The Morgan fingerprint density at radius 1 is 1.44 bits per heavy atom. The third-order valence-electron chi connectivity index (χ3n) is 0.365. The van der Waals surface area contributed by atoms with Crippen molar-refractivity contribution in [3.05, 3.63) is 12.2 Å². The van der Waals surface area contributed by atoms with E-state index in [4.69, 9.17) is 5.11 Å². The molecule has 0 saturated heterocycles. The Kier molecular flexibility index (Phi) is 28.8. The minimum absolute atomic E-state index is 0. The number of carboxylic acid groups (broad SMARTS) is 1. The maximum atomic E-state index is 9.60. The summed E-state index contributed by atoms with van der Waals surface area (Å²) in [5, 5.41) is 7.89. The van der Waals surface area contributed by atoms with Crippen molar-refractivity contribution in [2.75, 3.05) is 0 Å². The Labute approximate surface area is 85.7 Å². The fourth-order valence-corrected chi connectivity index (χ4v) is 0. The molecule has 0 atom stereocenters. The average molecular weight is 248 g/mol. The van der Waals surface area contributed by atoms with Crippen molar-refractivity contribution in [1.82, 2.24) is 0 Å². The van der Waals surface area contributed by atoms with E-state index in [1.807, 2.05) is 0 Å². The molecule has 2 nitrogen and oxygen atoms in total. The minimum atomic E-state index is -0.935. The SMILES string of the molecule is C=C(C)C(=O)O.[Cl-].[Cl-].[Zr+2]. The zero-order valence-corrected chi connectivity index (χ0v) is 8.79. The molecule has 9 heavy (non-hydrogen) atoms. The van der Waals surface area contributed by atoms with Crippen LogP contribution in [0, 0.1) is 0 Å². The number of rotatable bonds is 1. The van der Waals surface area contributed by atoms with Crippen LogP contribution in [0.4, 0.5) is 0 Å². The molecule has 0 aromatic carbocycles. The summed E-state index contributed by atoms with van der Waals surface area (Å²) in [5.74, 6) is -0.935. The molecule has 0 aromatic rings. The average Bonchev–Trinajstić information content (AvgIpc) is 1.36. The van der Waals surface area contributed by atoms with Crippen LogP contribution in [0.2, 0.25) is 0 Å². The second-order valence-electron chi connectivity index (χ2n) is 1.09. The van der Waals surface area contributed by atoms with Gasteiger partial charge in [-0.3, -0.25) is 0 Å². The van der Waals surface area contributed by atoms with Crippen molar-refractivity contribution < 1.29 is 60.9 Å². The molecule has 0 aliphatic rings. The summed E-state index contributed by atoms with van der Waals surface area (Å²) >= 11 is 0. The molecule has 0 bridgehead atoms. The molecule has 0 aliphatic carbocycles. The summed E-state index contributed by atoms with van der Waals surface area (Å²) < 4.78 is 0. The van der Waals surface area contributed by atoms with Crippen molar-refractivity contribution >= 4 is 5.97 Å². The number of hydrogen-bond acceptors (Lipinski definition) is 1. The summed E-state index contributed by atoms with van der Waals surface area (Å²) in [6.07, 6.45) is 0. The Balaban J connectivity index is -0.0000000417. The van der Waals surface area contributed by atoms with E-state index in [1.165, 1.54) is 6.92 Å². The number of hydrogen-bond donors (Lipinski definition) is 1. The number of halogens is 2. The van der Waals surface area contributed by atoms with Crippen molar-refractivity contribution in [1.29, 1.82) is 0 Å². The van der Waals surface area contributed by atoms with Gasteiger partial charge in [-0.2, -0.15) is 0 Å². The van der Waals surface area contributed by atoms with Crippen molar-refractivity contribution in [2.24, 2.45) is 0 Å². The van der Waals surface area contributed by atoms with Gasteiger partial charge in [0.1, 0.15) is 0 Å². The van der Waals surface area contributed by atoms with Gasteiger partial charge < -0.3 is 29.9 Å². The molecule has 0 spiro atoms. The van der Waals surface area contributed by atoms with E-state index in [9.17, 15) is 4.79 Å². The first-order valence-electron chi connectivity index (χ1n) is 1.53. The van der Waals surface area contributed by atoms with E-state index >= 15 is 0 Å². The first-order chi connectivity index (χ1) is 2.64. The third kappa shape index (κ3) is 17.7. The largest absolute Gasteiger partial charge is 2.00 e. The van der Waals surface area contributed by atoms with Gasteiger partial charge in [-0.05, 0) is 6.92 Å². The Bertz CT molecular complexity index is 82.6. The fraction of sp³-hybridized carbons (Fsp3) is 0.250. The van der Waals surface area contributed by atoms with Crippen LogP contribution in [0.15, 0.2) is 12.2 Å². The van der Waals surface area contributed by atoms with Crippen LogP contribution >= 0.6 is 0 Å². The molecule has 5 heteroatoms. The van der Waals surface area contributed by atoms with E-state index < -0.39 is 5.97 Å². The van der Waals surface area contributed by atoms with Crippen molar-refractivity contribution in [3.63, 3.8) is 0 Å². The Morgan fingerprint density at radius 2 is 1.56 bits per heavy atom. The third-order valence-corrected chi connectivity index (χ3v) is 0.365. The standard InChI is InChI=1S/C4H6O2.2ClH.Zr/c1-3(2)4(5)6;;;/h1H2,2H3,(H,5,6);2*1H;/q;;;+2/p-2. The van der Waals surface area contributed by atoms with Gasteiger partial charge in [0.05, 0.1) is 0 Å². The molecule has 0 amide bonds. The van der Waals surface area contributed by atoms with Crippen LogP contribution in [0.3, 0.4) is 0 Å². The van der Waals surface area contributed by atoms with Crippen LogP contribution in [0.25, 0.3) is 0 Å². The van der Waals surface area contributed by atoms with Crippen LogP contribution in [-0.4, -0.2) is 11.1 Å². The van der Waals surface area contributed by atoms with Gasteiger partial charge in [0.15, 0.2) is 0 Å². The van der Waals surface area contributed by atoms with Gasteiger partial charge in [0.2, 0.25) is 0 Å². The van der Waals surface area contributed by atoms with Crippen LogP contribution in [-0.2, 0) is 31.0 Å². The second kappa shape index (κ2) is 11.5. The van der Waals surface area contributed by atoms with E-state index in [0.717, 1.165) is 0 Å². The maximum absolute atomic E-state index is 9.60. The first kappa shape index (κ1) is 22.6. The molecule has 0 aliphatic heterocycles. The molecule has 0 radical (unpaired) electrons. The number of carbonyl (C=O) groups is 1. The minimum Gasteiger partial charge on any atom is -1.00 e. The molecule has 0 fully saturated rings. The van der Waals surface area contributed by atoms with Gasteiger partial charge in [0.25, 0.3) is 0 Å². The van der Waals surface area contributed by atoms with Gasteiger partial charge in [-0.1, -0.05) is 6.58 Å². The monoisotopic (exact) mass is 246 g/mol. The molecule has 52 valence electrons. The molecule has 1 N–H and O–H groups in total. The van der Waals surface area contributed by atoms with Crippen LogP contribution in [0.5, 0.6) is 0 Å². The summed E-state index contributed by atoms with van der Waals surface area (Å²) in [7, 11) is 0. The Hall–Kier alpha value is 0.673. The maximum Gasteiger partial charge on any atom is 2.00 e. The molecule has 0 heterocycles. The summed E-state index contributed by atoms with van der Waals surface area (Å²) in [4.78, 5) is 9.60. The molecule has 0 saturated carbocycles. The summed E-state index contributed by atoms with van der Waals surface area (Å²) in [5.41, 5.74) is 0.176. The molecule has 0 rings (SSSR count). The molecular formula is C4H6Cl2O2Zr. The Morgan fingerprint density at radius 3 is 1.56 bits per heavy atom. The van der Waals surface area contributed by atoms with Gasteiger partial charge >= 0.3 is 32.2 Å². The molecule has 0 unspecified atom stereocenters. The van der Waals surface area contributed by atoms with E-state index in [2.05, 4.69) is 6.58 Å². The quantitative estimate of drug-likeness (QED) is 0.471. The predicted molar refractivity (Wildman–Crippen MR) is 22.4 cm³/mol. The van der Waals surface area contributed by atoms with Gasteiger partial charge in [-0.25, -0.2) is 4.79 Å². The summed E-state index contributed by atoms with van der Waals surface area (Å²) in [6, 6.07) is 0. The fourth-order valence-electron chi connectivity index (χ4n) is 0. The van der Waals surface area contributed by atoms with Gasteiger partial charge in [0, 0.05) is 5.57 Å². The normalized spacial score (nSPS) is 5.00. The van der Waals surface area contributed by atoms with Crippen molar-refractivity contribution in [2.45, 2.75) is 6.92 Å². The first-order valence-corrected chi connectivity index (χ1v) is 1.53.